The van der Waals surface area contributed by atoms with Crippen LogP contribution in [-0.4, -0.2) is 10.4 Å². The van der Waals surface area contributed by atoms with Gasteiger partial charge in [0.25, 0.3) is 0 Å². The van der Waals surface area contributed by atoms with Crippen molar-refractivity contribution in [2.75, 3.05) is 0 Å². The number of aromatic hydroxyl groups is 1. The molecule has 0 bridgehead atoms. The van der Waals surface area contributed by atoms with Crippen LogP contribution in [0.25, 0.3) is 0 Å². The first-order valence-corrected chi connectivity index (χ1v) is 3.80. The Hall–Kier alpha value is -1.22. The van der Waals surface area contributed by atoms with E-state index in [4.69, 9.17) is 5.26 Å². The third kappa shape index (κ3) is 1.51. The minimum absolute atomic E-state index is 0.119. The van der Waals surface area contributed by atoms with Crippen LogP contribution in [0.3, 0.4) is 0 Å². The zero-order valence-electron chi connectivity index (χ0n) is 7.11. The number of benzene rings is 1. The summed E-state index contributed by atoms with van der Waals surface area (Å²) in [6.45, 7) is 3.83. The Bertz CT molecular complexity index is 268. The van der Waals surface area contributed by atoms with E-state index in [0.29, 0.717) is 11.3 Å². The smallest absolute Gasteiger partial charge is 0.172 e. The van der Waals surface area contributed by atoms with Crippen LogP contribution >= 0.6 is 0 Å². The van der Waals surface area contributed by atoms with Crippen molar-refractivity contribution in [1.29, 1.82) is 0 Å². The topological polar surface area (TPSA) is 49.7 Å². The molecule has 1 aromatic carbocycles. The van der Waals surface area contributed by atoms with Crippen LogP contribution in [-0.2, 0) is 0 Å². The molecule has 0 amide bonds. The minimum atomic E-state index is 0.119. The van der Waals surface area contributed by atoms with Crippen LogP contribution in [0.1, 0.15) is 25.3 Å². The normalized spacial score (nSPS) is 10.3. The number of phenolic OH excluding ortho intramolecular Hbond substituents is 1. The van der Waals surface area contributed by atoms with Gasteiger partial charge in [-0.05, 0) is 18.1 Å². The Kier molecular flexibility index (Phi) is 2.55. The van der Waals surface area contributed by atoms with E-state index in [-0.39, 0.29) is 11.7 Å². The average Bonchev–Trinajstić information content (AvgIpc) is 2.03. The van der Waals surface area contributed by atoms with Gasteiger partial charge >= 0.3 is 0 Å². The second-order valence-corrected chi connectivity index (χ2v) is 2.93. The van der Waals surface area contributed by atoms with E-state index >= 15 is 0 Å². The first kappa shape index (κ1) is 8.87. The Morgan fingerprint density at radius 1 is 1.33 bits per heavy atom. The van der Waals surface area contributed by atoms with Gasteiger partial charge in [0.2, 0.25) is 0 Å². The second-order valence-electron chi connectivity index (χ2n) is 2.93. The molecule has 0 aliphatic carbocycles. The zero-order chi connectivity index (χ0) is 9.14. The SMILES string of the molecule is CC(C)c1c(O)cccc1OO. The van der Waals surface area contributed by atoms with E-state index in [1.54, 1.807) is 18.2 Å². The van der Waals surface area contributed by atoms with Crippen LogP contribution in [0.5, 0.6) is 11.5 Å². The van der Waals surface area contributed by atoms with Crippen molar-refractivity contribution in [3.8, 4) is 11.5 Å². The largest absolute Gasteiger partial charge is 0.508 e. The van der Waals surface area contributed by atoms with Crippen LogP contribution in [0.4, 0.5) is 0 Å². The fourth-order valence-corrected chi connectivity index (χ4v) is 1.19. The molecule has 1 rings (SSSR count). The van der Waals surface area contributed by atoms with E-state index in [2.05, 4.69) is 4.89 Å². The molecule has 3 heteroatoms. The molecule has 0 heterocycles. The van der Waals surface area contributed by atoms with Gasteiger partial charge in [0, 0.05) is 5.56 Å². The molecule has 3 nitrogen and oxygen atoms in total. The summed E-state index contributed by atoms with van der Waals surface area (Å²) in [4.78, 5) is 4.13. The van der Waals surface area contributed by atoms with Crippen molar-refractivity contribution in [3.63, 3.8) is 0 Å². The number of phenols is 1. The molecule has 0 saturated heterocycles. The lowest BCUT2D eigenvalue weighted by Gasteiger charge is -2.10. The van der Waals surface area contributed by atoms with E-state index < -0.39 is 0 Å². The van der Waals surface area contributed by atoms with Crippen LogP contribution in [0.15, 0.2) is 18.2 Å². The summed E-state index contributed by atoms with van der Waals surface area (Å²) in [6, 6.07) is 4.79. The Balaban J connectivity index is 3.20. The highest BCUT2D eigenvalue weighted by Crippen LogP contribution is 2.33. The Morgan fingerprint density at radius 3 is 2.42 bits per heavy atom. The third-order valence-corrected chi connectivity index (χ3v) is 1.72. The van der Waals surface area contributed by atoms with Crippen molar-refractivity contribution in [2.24, 2.45) is 0 Å². The van der Waals surface area contributed by atoms with E-state index in [0.717, 1.165) is 0 Å². The lowest BCUT2D eigenvalue weighted by atomic mass is 10.0. The summed E-state index contributed by atoms with van der Waals surface area (Å²) in [5.41, 5.74) is 0.625. The molecule has 0 aliphatic rings. The summed E-state index contributed by atoms with van der Waals surface area (Å²) in [6.07, 6.45) is 0. The molecule has 12 heavy (non-hydrogen) atoms. The molecular weight excluding hydrogens is 156 g/mol. The molecule has 0 radical (unpaired) electrons. The number of hydrogen-bond donors (Lipinski definition) is 2. The highest BCUT2D eigenvalue weighted by molar-refractivity contribution is 5.45. The number of rotatable bonds is 2. The highest BCUT2D eigenvalue weighted by atomic mass is 17.1. The lowest BCUT2D eigenvalue weighted by molar-refractivity contribution is -0.138. The minimum Gasteiger partial charge on any atom is -0.508 e. The van der Waals surface area contributed by atoms with Crippen molar-refractivity contribution in [1.82, 2.24) is 0 Å². The summed E-state index contributed by atoms with van der Waals surface area (Å²) in [7, 11) is 0. The molecule has 1 aromatic rings. The molecule has 0 spiro atoms. The standard InChI is InChI=1S/C9H12O3/c1-6(2)9-7(10)4-3-5-8(9)12-11/h3-6,10-11H,1-2H3. The summed E-state index contributed by atoms with van der Waals surface area (Å²) in [5, 5.41) is 17.9. The van der Waals surface area contributed by atoms with Gasteiger partial charge in [-0.1, -0.05) is 19.9 Å². The van der Waals surface area contributed by atoms with Crippen LogP contribution in [0, 0.1) is 0 Å². The second kappa shape index (κ2) is 3.45. The summed E-state index contributed by atoms with van der Waals surface area (Å²) in [5.74, 6) is 0.579. The van der Waals surface area contributed by atoms with Gasteiger partial charge in [-0.25, -0.2) is 5.26 Å². The molecule has 2 N–H and O–H groups in total. The van der Waals surface area contributed by atoms with Crippen LogP contribution in [0.2, 0.25) is 0 Å². The first-order chi connectivity index (χ1) is 5.66. The maximum Gasteiger partial charge on any atom is 0.172 e. The predicted molar refractivity (Wildman–Crippen MR) is 45.5 cm³/mol. The van der Waals surface area contributed by atoms with Gasteiger partial charge < -0.3 is 9.99 Å². The summed E-state index contributed by atoms with van der Waals surface area (Å²) < 4.78 is 0. The molecular formula is C9H12O3. The highest BCUT2D eigenvalue weighted by Gasteiger charge is 2.12. The molecule has 0 aromatic heterocycles. The molecule has 0 unspecified atom stereocenters. The maximum absolute atomic E-state index is 9.40. The van der Waals surface area contributed by atoms with Crippen molar-refractivity contribution in [2.45, 2.75) is 19.8 Å². The van der Waals surface area contributed by atoms with Crippen molar-refractivity contribution in [3.05, 3.63) is 23.8 Å². The van der Waals surface area contributed by atoms with Gasteiger partial charge in [-0.15, -0.1) is 0 Å². The molecule has 0 saturated carbocycles. The summed E-state index contributed by atoms with van der Waals surface area (Å²) >= 11 is 0. The Labute approximate surface area is 71.2 Å². The van der Waals surface area contributed by atoms with Gasteiger partial charge in [-0.2, -0.15) is 0 Å². The molecule has 0 fully saturated rings. The zero-order valence-corrected chi connectivity index (χ0v) is 7.11. The third-order valence-electron chi connectivity index (χ3n) is 1.72. The predicted octanol–water partition coefficient (Wildman–Crippen LogP) is 2.37. The fraction of sp³-hybridized carbons (Fsp3) is 0.333. The van der Waals surface area contributed by atoms with Gasteiger partial charge in [-0.3, -0.25) is 0 Å². The maximum atomic E-state index is 9.40. The fourth-order valence-electron chi connectivity index (χ4n) is 1.19. The van der Waals surface area contributed by atoms with E-state index in [9.17, 15) is 5.11 Å². The average molecular weight is 168 g/mol. The lowest BCUT2D eigenvalue weighted by Crippen LogP contribution is -1.94. The Morgan fingerprint density at radius 2 is 2.00 bits per heavy atom. The molecule has 0 atom stereocenters. The van der Waals surface area contributed by atoms with Gasteiger partial charge in [0.15, 0.2) is 5.75 Å². The molecule has 0 aliphatic heterocycles. The molecule has 66 valence electrons. The first-order valence-electron chi connectivity index (χ1n) is 3.80. The van der Waals surface area contributed by atoms with Crippen molar-refractivity contribution >= 4 is 0 Å². The van der Waals surface area contributed by atoms with Gasteiger partial charge in [0.05, 0.1) is 0 Å². The quantitative estimate of drug-likeness (QED) is 0.526. The monoisotopic (exact) mass is 168 g/mol. The van der Waals surface area contributed by atoms with E-state index in [1.165, 1.54) is 0 Å². The van der Waals surface area contributed by atoms with Gasteiger partial charge in [0.1, 0.15) is 5.75 Å². The van der Waals surface area contributed by atoms with Crippen molar-refractivity contribution < 1.29 is 15.3 Å². The van der Waals surface area contributed by atoms with E-state index in [1.807, 2.05) is 13.8 Å². The number of hydrogen-bond acceptors (Lipinski definition) is 3. The van der Waals surface area contributed by atoms with Crippen LogP contribution < -0.4 is 4.89 Å².